The monoisotopic (exact) mass is 804 g/mol. The number of carbonyl (C=O) groups is 2. The van der Waals surface area contributed by atoms with E-state index in [4.69, 9.17) is 37.4 Å². The van der Waals surface area contributed by atoms with E-state index in [1.165, 1.54) is 20.0 Å². The minimum Gasteiger partial charge on any atom is -0.492 e. The maximum atomic E-state index is 11.8. The fourth-order valence-electron chi connectivity index (χ4n) is 6.56. The summed E-state index contributed by atoms with van der Waals surface area (Å²) in [6.45, 7) is 6.81. The number of hydrogen-bond acceptors (Lipinski definition) is 11. The SMILES string of the molecule is CC(=O)CC1(O)CCN(CCCOc2cccc(-c3cccc(COc4cc(OCc5cncc(C#N)c5)c(CN[C@@](C)(CO)C(=O)O)cc4Cl)c3C)c2Cl)C1. The Balaban J connectivity index is 1.28. The summed E-state index contributed by atoms with van der Waals surface area (Å²) in [5, 5.41) is 43.0. The Morgan fingerprint density at radius 3 is 2.50 bits per heavy atom. The fraction of sp³-hybridized carbons (Fsp3) is 0.381. The molecule has 5 rings (SSSR count). The molecule has 0 spiro atoms. The number of aliphatic hydroxyl groups is 2. The second kappa shape index (κ2) is 18.9. The van der Waals surface area contributed by atoms with E-state index in [2.05, 4.69) is 21.3 Å². The van der Waals surface area contributed by atoms with Crippen LogP contribution in [0, 0.1) is 18.3 Å². The van der Waals surface area contributed by atoms with Gasteiger partial charge in [0, 0.05) is 67.8 Å². The summed E-state index contributed by atoms with van der Waals surface area (Å²) in [5.74, 6) is 0.0137. The molecule has 1 aromatic heterocycles. The number of carboxylic acid groups (broad SMARTS) is 1. The van der Waals surface area contributed by atoms with Crippen LogP contribution < -0.4 is 19.5 Å². The van der Waals surface area contributed by atoms with Crippen molar-refractivity contribution in [3.63, 3.8) is 0 Å². The van der Waals surface area contributed by atoms with E-state index in [1.54, 1.807) is 24.4 Å². The van der Waals surface area contributed by atoms with Crippen molar-refractivity contribution in [1.82, 2.24) is 15.2 Å². The highest BCUT2D eigenvalue weighted by Gasteiger charge is 2.36. The Morgan fingerprint density at radius 1 is 1.02 bits per heavy atom. The van der Waals surface area contributed by atoms with Crippen molar-refractivity contribution in [2.45, 2.75) is 70.9 Å². The van der Waals surface area contributed by atoms with Gasteiger partial charge >= 0.3 is 5.97 Å². The lowest BCUT2D eigenvalue weighted by Crippen LogP contribution is -2.52. The molecule has 0 aliphatic carbocycles. The van der Waals surface area contributed by atoms with Crippen LogP contribution in [0.25, 0.3) is 11.1 Å². The number of aliphatic hydroxyl groups excluding tert-OH is 1. The van der Waals surface area contributed by atoms with Crippen LogP contribution in [0.3, 0.4) is 0 Å². The number of nitrogens with one attached hydrogen (secondary N) is 1. The number of β-amino-alcohol motifs (C(OH)–C–C–N with tert-alkyl or cyclic N) is 1. The fourth-order valence-corrected chi connectivity index (χ4v) is 7.09. The molecule has 2 atom stereocenters. The van der Waals surface area contributed by atoms with E-state index < -0.39 is 23.7 Å². The predicted molar refractivity (Wildman–Crippen MR) is 212 cm³/mol. The molecule has 296 valence electrons. The number of likely N-dealkylation sites (tertiary alicyclic amines) is 1. The topological polar surface area (TPSA) is 174 Å². The summed E-state index contributed by atoms with van der Waals surface area (Å²) in [5.41, 5.74) is 2.51. The molecule has 1 fully saturated rings. The molecule has 1 saturated heterocycles. The quantitative estimate of drug-likeness (QED) is 0.0759. The lowest BCUT2D eigenvalue weighted by molar-refractivity contribution is -0.146. The van der Waals surface area contributed by atoms with E-state index in [-0.39, 0.29) is 37.0 Å². The molecule has 2 heterocycles. The maximum Gasteiger partial charge on any atom is 0.326 e. The second-order valence-corrected chi connectivity index (χ2v) is 15.1. The predicted octanol–water partition coefficient (Wildman–Crippen LogP) is 6.50. The van der Waals surface area contributed by atoms with Crippen LogP contribution in [0.5, 0.6) is 17.2 Å². The number of rotatable bonds is 19. The van der Waals surface area contributed by atoms with Gasteiger partial charge in [-0.1, -0.05) is 53.5 Å². The van der Waals surface area contributed by atoms with Gasteiger partial charge in [0.1, 0.15) is 47.9 Å². The van der Waals surface area contributed by atoms with E-state index in [0.717, 1.165) is 41.8 Å². The zero-order valence-corrected chi connectivity index (χ0v) is 33.1. The maximum absolute atomic E-state index is 11.8. The first-order chi connectivity index (χ1) is 26.7. The molecule has 0 amide bonds. The lowest BCUT2D eigenvalue weighted by Gasteiger charge is -2.25. The number of pyridine rings is 1. The molecule has 3 aromatic carbocycles. The molecule has 1 aliphatic rings. The van der Waals surface area contributed by atoms with Gasteiger partial charge in [0.2, 0.25) is 0 Å². The molecule has 12 nitrogen and oxygen atoms in total. The minimum absolute atomic E-state index is 0.00484. The molecular weight excluding hydrogens is 759 g/mol. The molecule has 4 aromatic rings. The summed E-state index contributed by atoms with van der Waals surface area (Å²) >= 11 is 13.6. The molecule has 14 heteroatoms. The van der Waals surface area contributed by atoms with Crippen molar-refractivity contribution in [3.8, 4) is 34.4 Å². The van der Waals surface area contributed by atoms with Gasteiger partial charge in [0.25, 0.3) is 0 Å². The number of Topliss-reactive ketones (excluding diaryl/α,β-unsaturated/α-hetero) is 1. The standard InChI is InChI=1S/C42H46Cl2N4O8/c1-27(50)18-42(53)11-13-48(25-42)12-6-14-54-36-10-5-9-34(39(36)44)33-8-4-7-31(28(33)2)24-56-38-17-37(55-23-30-15-29(19-45)20-46-21-30)32(16-35(38)43)22-47-41(3,26-49)40(51)52/h4-5,7-10,15-17,20-21,47,49,53H,6,11-14,18,22-26H2,1-3H3,(H,51,52)/t41-,42?/m0/s1. The van der Waals surface area contributed by atoms with Crippen molar-refractivity contribution in [2.24, 2.45) is 0 Å². The highest BCUT2D eigenvalue weighted by Crippen LogP contribution is 2.39. The van der Waals surface area contributed by atoms with E-state index in [1.807, 2.05) is 43.3 Å². The van der Waals surface area contributed by atoms with Gasteiger partial charge in [-0.05, 0) is 68.5 Å². The first-order valence-electron chi connectivity index (χ1n) is 18.2. The van der Waals surface area contributed by atoms with E-state index >= 15 is 0 Å². The largest absolute Gasteiger partial charge is 0.492 e. The van der Waals surface area contributed by atoms with Crippen LogP contribution in [-0.4, -0.2) is 80.9 Å². The number of benzene rings is 3. The summed E-state index contributed by atoms with van der Waals surface area (Å²) in [7, 11) is 0. The summed E-state index contributed by atoms with van der Waals surface area (Å²) in [4.78, 5) is 29.6. The average Bonchev–Trinajstić information content (AvgIpc) is 3.54. The number of aromatic nitrogens is 1. The van der Waals surface area contributed by atoms with Gasteiger partial charge in [-0.3, -0.25) is 19.9 Å². The molecule has 0 radical (unpaired) electrons. The number of ketones is 1. The highest BCUT2D eigenvalue weighted by molar-refractivity contribution is 6.35. The van der Waals surface area contributed by atoms with Gasteiger partial charge in [-0.15, -0.1) is 0 Å². The Morgan fingerprint density at radius 2 is 1.77 bits per heavy atom. The third-order valence-electron chi connectivity index (χ3n) is 9.84. The highest BCUT2D eigenvalue weighted by atomic mass is 35.5. The normalized spacial score (nSPS) is 16.5. The van der Waals surface area contributed by atoms with Crippen molar-refractivity contribution in [2.75, 3.05) is 32.8 Å². The van der Waals surface area contributed by atoms with Crippen molar-refractivity contribution >= 4 is 35.0 Å². The van der Waals surface area contributed by atoms with Crippen molar-refractivity contribution in [3.05, 3.63) is 105 Å². The first-order valence-corrected chi connectivity index (χ1v) is 19.0. The Bertz CT molecular complexity index is 2090. The van der Waals surface area contributed by atoms with Crippen LogP contribution >= 0.6 is 23.2 Å². The number of aliphatic carboxylic acids is 1. The third kappa shape index (κ3) is 10.8. The van der Waals surface area contributed by atoms with Gasteiger partial charge in [-0.2, -0.15) is 5.26 Å². The number of carbonyl (C=O) groups excluding carboxylic acids is 1. The lowest BCUT2D eigenvalue weighted by atomic mass is 9.96. The van der Waals surface area contributed by atoms with Crippen molar-refractivity contribution < 1.29 is 39.1 Å². The molecule has 0 saturated carbocycles. The number of nitriles is 1. The number of hydrogen-bond donors (Lipinski definition) is 4. The van der Waals surface area contributed by atoms with Crippen LogP contribution in [0.15, 0.2) is 67.0 Å². The molecule has 4 N–H and O–H groups in total. The van der Waals surface area contributed by atoms with Gasteiger partial charge in [0.15, 0.2) is 0 Å². The van der Waals surface area contributed by atoms with Gasteiger partial charge in [-0.25, -0.2) is 0 Å². The number of halogens is 2. The Kier molecular flexibility index (Phi) is 14.3. The molecule has 0 bridgehead atoms. The summed E-state index contributed by atoms with van der Waals surface area (Å²) in [6, 6.07) is 18.5. The average molecular weight is 806 g/mol. The number of carboxylic acids is 1. The number of ether oxygens (including phenoxy) is 3. The summed E-state index contributed by atoms with van der Waals surface area (Å²) < 4.78 is 18.5. The minimum atomic E-state index is -1.61. The van der Waals surface area contributed by atoms with Gasteiger partial charge < -0.3 is 34.4 Å². The summed E-state index contributed by atoms with van der Waals surface area (Å²) in [6.07, 6.45) is 4.51. The van der Waals surface area contributed by atoms with Crippen LogP contribution in [0.4, 0.5) is 0 Å². The molecular formula is C42H46Cl2N4O8. The molecule has 56 heavy (non-hydrogen) atoms. The van der Waals surface area contributed by atoms with E-state index in [9.17, 15) is 30.2 Å². The van der Waals surface area contributed by atoms with Crippen LogP contribution in [0.1, 0.15) is 60.9 Å². The number of nitrogens with zero attached hydrogens (tertiary/aromatic N) is 3. The molecule has 1 unspecified atom stereocenters. The van der Waals surface area contributed by atoms with E-state index in [0.29, 0.717) is 58.5 Å². The van der Waals surface area contributed by atoms with Gasteiger partial charge in [0.05, 0.1) is 34.4 Å². The van der Waals surface area contributed by atoms with Crippen LogP contribution in [0.2, 0.25) is 10.0 Å². The smallest absolute Gasteiger partial charge is 0.326 e. The zero-order chi connectivity index (χ0) is 40.5. The second-order valence-electron chi connectivity index (χ2n) is 14.3. The molecule has 1 aliphatic heterocycles. The zero-order valence-electron chi connectivity index (χ0n) is 31.6. The first kappa shape index (κ1) is 42.4. The Hall–Kier alpha value is -4.74. The van der Waals surface area contributed by atoms with Crippen molar-refractivity contribution in [1.29, 1.82) is 5.26 Å². The Labute approximate surface area is 336 Å². The third-order valence-corrected chi connectivity index (χ3v) is 10.5. The van der Waals surface area contributed by atoms with Crippen LogP contribution in [-0.2, 0) is 29.3 Å².